The lowest BCUT2D eigenvalue weighted by Gasteiger charge is -2.28. The van der Waals surface area contributed by atoms with E-state index in [-0.39, 0.29) is 5.41 Å². The Morgan fingerprint density at radius 1 is 0.512 bits per heavy atom. The Hall–Kier alpha value is -4.66. The molecule has 0 unspecified atom stereocenters. The monoisotopic (exact) mass is 543 g/mol. The lowest BCUT2D eigenvalue weighted by Crippen LogP contribution is -2.16. The number of rotatable bonds is 4. The normalized spacial score (nSPS) is 13.3. The summed E-state index contributed by atoms with van der Waals surface area (Å²) < 4.78 is 2.76. The van der Waals surface area contributed by atoms with E-state index >= 15 is 0 Å². The van der Waals surface area contributed by atoms with Gasteiger partial charge in [0.15, 0.2) is 0 Å². The fraction of sp³-hybridized carbons (Fsp3) is 0.0769. The predicted octanol–water partition coefficient (Wildman–Crippen LogP) is 11.5. The summed E-state index contributed by atoms with van der Waals surface area (Å²) in [4.78, 5) is 2.38. The number of thiophene rings is 1. The molecule has 0 atom stereocenters. The van der Waals surface area contributed by atoms with Gasteiger partial charge >= 0.3 is 0 Å². The molecule has 8 rings (SSSR count). The van der Waals surface area contributed by atoms with Crippen LogP contribution in [0.15, 0.2) is 140 Å². The average molecular weight is 544 g/mol. The quantitative estimate of drug-likeness (QED) is 0.213. The van der Waals surface area contributed by atoms with Gasteiger partial charge in [-0.15, -0.1) is 11.3 Å². The summed E-state index contributed by atoms with van der Waals surface area (Å²) in [6.45, 7) is 4.75. The van der Waals surface area contributed by atoms with Crippen molar-refractivity contribution < 1.29 is 0 Å². The van der Waals surface area contributed by atoms with Crippen LogP contribution >= 0.6 is 11.3 Å². The Morgan fingerprint density at radius 2 is 1.15 bits per heavy atom. The van der Waals surface area contributed by atoms with Crippen LogP contribution in [0.1, 0.15) is 25.0 Å². The van der Waals surface area contributed by atoms with Crippen LogP contribution < -0.4 is 4.90 Å². The van der Waals surface area contributed by atoms with Gasteiger partial charge < -0.3 is 4.90 Å². The lowest BCUT2D eigenvalue weighted by molar-refractivity contribution is 0.661. The molecule has 0 saturated heterocycles. The fourth-order valence-electron chi connectivity index (χ4n) is 6.59. The molecule has 1 aliphatic carbocycles. The average Bonchev–Trinajstić information content (AvgIpc) is 3.51. The van der Waals surface area contributed by atoms with Crippen LogP contribution in [0.3, 0.4) is 0 Å². The van der Waals surface area contributed by atoms with Crippen molar-refractivity contribution in [2.24, 2.45) is 0 Å². The number of benzene rings is 6. The first kappa shape index (κ1) is 24.2. The van der Waals surface area contributed by atoms with Gasteiger partial charge in [0, 0.05) is 48.2 Å². The summed E-state index contributed by atoms with van der Waals surface area (Å²) in [5.41, 5.74) is 11.4. The molecule has 1 aromatic heterocycles. The van der Waals surface area contributed by atoms with Crippen molar-refractivity contribution in [3.05, 3.63) is 151 Å². The Labute approximate surface area is 245 Å². The standard InChI is InChI=1S/C39H29NS/c1-39(2)34-24-23-32-31-15-9-10-16-36(31)41-38(32)37(34)33-22-21-30(25-35(33)39)40(28-13-7-4-8-14-28)29-19-17-27(18-20-29)26-11-5-3-6-12-26/h3-25H,1-2H3. The molecular formula is C39H29NS. The molecule has 196 valence electrons. The topological polar surface area (TPSA) is 3.24 Å². The number of hydrogen-bond donors (Lipinski definition) is 0. The summed E-state index contributed by atoms with van der Waals surface area (Å²) in [5, 5.41) is 2.72. The van der Waals surface area contributed by atoms with Crippen molar-refractivity contribution in [2.45, 2.75) is 19.3 Å². The highest BCUT2D eigenvalue weighted by Gasteiger charge is 2.37. The second kappa shape index (κ2) is 9.19. The zero-order valence-electron chi connectivity index (χ0n) is 23.1. The molecule has 7 aromatic rings. The van der Waals surface area contributed by atoms with Gasteiger partial charge in [-0.2, -0.15) is 0 Å². The molecule has 1 aliphatic rings. The molecular weight excluding hydrogens is 515 g/mol. The third-order valence-corrected chi connectivity index (χ3v) is 9.88. The molecule has 0 bridgehead atoms. The minimum atomic E-state index is -0.0927. The van der Waals surface area contributed by atoms with Crippen molar-refractivity contribution in [1.29, 1.82) is 0 Å². The zero-order chi connectivity index (χ0) is 27.6. The summed E-state index contributed by atoms with van der Waals surface area (Å²) in [7, 11) is 0. The van der Waals surface area contributed by atoms with Crippen LogP contribution in [0, 0.1) is 0 Å². The van der Waals surface area contributed by atoms with E-state index in [1.807, 2.05) is 11.3 Å². The molecule has 0 N–H and O–H groups in total. The Balaban J connectivity index is 1.29. The minimum absolute atomic E-state index is 0.0927. The molecule has 0 radical (unpaired) electrons. The van der Waals surface area contributed by atoms with E-state index in [2.05, 4.69) is 158 Å². The maximum absolute atomic E-state index is 2.42. The first-order valence-corrected chi connectivity index (χ1v) is 15.0. The molecule has 2 heteroatoms. The smallest absolute Gasteiger partial charge is 0.0465 e. The molecule has 0 amide bonds. The SMILES string of the molecule is CC1(C)c2cc(N(c3ccccc3)c3ccc(-c4ccccc4)cc3)ccc2-c2c1ccc1c2sc2ccccc21. The van der Waals surface area contributed by atoms with Crippen LogP contribution in [-0.4, -0.2) is 0 Å². The molecule has 0 fully saturated rings. The van der Waals surface area contributed by atoms with Gasteiger partial charge in [0.1, 0.15) is 0 Å². The van der Waals surface area contributed by atoms with E-state index in [1.54, 1.807) is 0 Å². The van der Waals surface area contributed by atoms with Crippen LogP contribution in [-0.2, 0) is 5.41 Å². The largest absolute Gasteiger partial charge is 0.310 e. The number of anilines is 3. The van der Waals surface area contributed by atoms with E-state index < -0.39 is 0 Å². The zero-order valence-corrected chi connectivity index (χ0v) is 24.0. The second-order valence-corrected chi connectivity index (χ2v) is 12.5. The minimum Gasteiger partial charge on any atom is -0.310 e. The second-order valence-electron chi connectivity index (χ2n) is 11.4. The van der Waals surface area contributed by atoms with Crippen molar-refractivity contribution in [3.8, 4) is 22.3 Å². The molecule has 1 heterocycles. The van der Waals surface area contributed by atoms with Crippen LogP contribution in [0.4, 0.5) is 17.1 Å². The van der Waals surface area contributed by atoms with Gasteiger partial charge in [-0.05, 0) is 70.3 Å². The van der Waals surface area contributed by atoms with Gasteiger partial charge in [-0.1, -0.05) is 111 Å². The van der Waals surface area contributed by atoms with E-state index in [9.17, 15) is 0 Å². The number of para-hydroxylation sites is 1. The summed E-state index contributed by atoms with van der Waals surface area (Å²) in [5.74, 6) is 0. The van der Waals surface area contributed by atoms with E-state index in [0.717, 1.165) is 11.4 Å². The van der Waals surface area contributed by atoms with Crippen molar-refractivity contribution >= 4 is 48.6 Å². The van der Waals surface area contributed by atoms with Gasteiger partial charge in [0.2, 0.25) is 0 Å². The van der Waals surface area contributed by atoms with Crippen molar-refractivity contribution in [1.82, 2.24) is 0 Å². The molecule has 0 spiro atoms. The maximum atomic E-state index is 2.42. The number of nitrogens with zero attached hydrogens (tertiary/aromatic N) is 1. The highest BCUT2D eigenvalue weighted by atomic mass is 32.1. The molecule has 41 heavy (non-hydrogen) atoms. The third-order valence-electron chi connectivity index (χ3n) is 8.67. The van der Waals surface area contributed by atoms with E-state index in [0.29, 0.717) is 0 Å². The van der Waals surface area contributed by atoms with Crippen molar-refractivity contribution in [3.63, 3.8) is 0 Å². The van der Waals surface area contributed by atoms with Gasteiger partial charge in [-0.25, -0.2) is 0 Å². The van der Waals surface area contributed by atoms with Crippen LogP contribution in [0.2, 0.25) is 0 Å². The van der Waals surface area contributed by atoms with Crippen molar-refractivity contribution in [2.75, 3.05) is 4.90 Å². The van der Waals surface area contributed by atoms with Gasteiger partial charge in [-0.3, -0.25) is 0 Å². The Kier molecular flexibility index (Phi) is 5.42. The molecule has 0 aliphatic heterocycles. The van der Waals surface area contributed by atoms with Crippen LogP contribution in [0.5, 0.6) is 0 Å². The Morgan fingerprint density at radius 3 is 1.93 bits per heavy atom. The summed E-state index contributed by atoms with van der Waals surface area (Å²) >= 11 is 1.92. The summed E-state index contributed by atoms with van der Waals surface area (Å²) in [6, 6.07) is 50.8. The first-order valence-electron chi connectivity index (χ1n) is 14.2. The highest BCUT2D eigenvalue weighted by Crippen LogP contribution is 2.55. The maximum Gasteiger partial charge on any atom is 0.0465 e. The Bertz CT molecular complexity index is 2050. The van der Waals surface area contributed by atoms with Crippen LogP contribution in [0.25, 0.3) is 42.4 Å². The van der Waals surface area contributed by atoms with E-state index in [4.69, 9.17) is 0 Å². The molecule has 6 aromatic carbocycles. The highest BCUT2D eigenvalue weighted by molar-refractivity contribution is 7.26. The predicted molar refractivity (Wildman–Crippen MR) is 177 cm³/mol. The van der Waals surface area contributed by atoms with E-state index in [1.165, 1.54) is 59.2 Å². The lowest BCUT2D eigenvalue weighted by atomic mass is 9.82. The molecule has 1 nitrogen and oxygen atoms in total. The number of hydrogen-bond acceptors (Lipinski definition) is 2. The summed E-state index contributed by atoms with van der Waals surface area (Å²) in [6.07, 6.45) is 0. The molecule has 0 saturated carbocycles. The third kappa shape index (κ3) is 3.75. The number of fused-ring (bicyclic) bond motifs is 7. The van der Waals surface area contributed by atoms with Gasteiger partial charge in [0.25, 0.3) is 0 Å². The first-order chi connectivity index (χ1) is 20.1. The fourth-order valence-corrected chi connectivity index (χ4v) is 7.85. The van der Waals surface area contributed by atoms with Gasteiger partial charge in [0.05, 0.1) is 0 Å².